The number of aliphatic hydroxyl groups excluding tert-OH is 1. The van der Waals surface area contributed by atoms with Crippen molar-refractivity contribution in [3.05, 3.63) is 59.9 Å². The van der Waals surface area contributed by atoms with Crippen molar-refractivity contribution in [2.75, 3.05) is 26.2 Å². The molecule has 5 heteroatoms. The summed E-state index contributed by atoms with van der Waals surface area (Å²) in [6.45, 7) is 2.72. The predicted octanol–water partition coefficient (Wildman–Crippen LogP) is 4.04. The topological polar surface area (TPSA) is 43.8 Å². The average molecular weight is 423 g/mol. The van der Waals surface area contributed by atoms with Crippen LogP contribution in [-0.2, 0) is 4.79 Å². The molecular formula is C26H31FN2O2. The molecule has 2 aromatic carbocycles. The van der Waals surface area contributed by atoms with Gasteiger partial charge in [-0.1, -0.05) is 42.8 Å². The molecule has 2 saturated heterocycles. The summed E-state index contributed by atoms with van der Waals surface area (Å²) in [6, 6.07) is 15.3. The summed E-state index contributed by atoms with van der Waals surface area (Å²) in [5, 5.41) is 10.1. The van der Waals surface area contributed by atoms with E-state index < -0.39 is 0 Å². The van der Waals surface area contributed by atoms with Crippen molar-refractivity contribution in [2.45, 2.75) is 50.1 Å². The third-order valence-corrected chi connectivity index (χ3v) is 7.59. The highest BCUT2D eigenvalue weighted by Crippen LogP contribution is 2.43. The fourth-order valence-electron chi connectivity index (χ4n) is 5.62. The van der Waals surface area contributed by atoms with Gasteiger partial charge in [-0.05, 0) is 61.1 Å². The van der Waals surface area contributed by atoms with Gasteiger partial charge in [0.15, 0.2) is 0 Å². The van der Waals surface area contributed by atoms with Crippen LogP contribution in [0.25, 0.3) is 11.1 Å². The van der Waals surface area contributed by atoms with Crippen molar-refractivity contribution >= 4 is 5.91 Å². The van der Waals surface area contributed by atoms with Crippen molar-refractivity contribution in [1.29, 1.82) is 0 Å². The van der Waals surface area contributed by atoms with Crippen LogP contribution in [0.3, 0.4) is 0 Å². The third-order valence-electron chi connectivity index (χ3n) is 7.59. The highest BCUT2D eigenvalue weighted by molar-refractivity contribution is 5.79. The van der Waals surface area contributed by atoms with Crippen LogP contribution < -0.4 is 0 Å². The smallest absolute Gasteiger partial charge is 0.225 e. The molecule has 1 saturated carbocycles. The minimum Gasteiger partial charge on any atom is -0.395 e. The molecule has 31 heavy (non-hydrogen) atoms. The Kier molecular flexibility index (Phi) is 5.81. The first-order valence-electron chi connectivity index (χ1n) is 11.7. The first kappa shape index (κ1) is 20.7. The molecule has 5 rings (SSSR count). The fraction of sp³-hybridized carbons (Fsp3) is 0.500. The quantitative estimate of drug-likeness (QED) is 0.809. The fourth-order valence-corrected chi connectivity index (χ4v) is 5.62. The summed E-state index contributed by atoms with van der Waals surface area (Å²) >= 11 is 0. The minimum absolute atomic E-state index is 0.101. The lowest BCUT2D eigenvalue weighted by atomic mass is 9.74. The number of aliphatic hydroxyl groups is 1. The number of fused-ring (bicyclic) bond motifs is 1. The summed E-state index contributed by atoms with van der Waals surface area (Å²) in [5.41, 5.74) is 3.04. The number of hydrogen-bond acceptors (Lipinski definition) is 3. The van der Waals surface area contributed by atoms with E-state index in [0.29, 0.717) is 5.91 Å². The molecule has 3 fully saturated rings. The molecule has 0 aromatic heterocycles. The zero-order valence-corrected chi connectivity index (χ0v) is 17.9. The van der Waals surface area contributed by atoms with E-state index in [4.69, 9.17) is 0 Å². The maximum atomic E-state index is 13.6. The molecule has 3 atom stereocenters. The number of amides is 1. The van der Waals surface area contributed by atoms with E-state index in [0.717, 1.165) is 56.4 Å². The van der Waals surface area contributed by atoms with Crippen molar-refractivity contribution in [3.8, 4) is 11.1 Å². The Morgan fingerprint density at radius 1 is 1.00 bits per heavy atom. The van der Waals surface area contributed by atoms with E-state index in [9.17, 15) is 14.3 Å². The number of benzene rings is 2. The Morgan fingerprint density at radius 2 is 1.77 bits per heavy atom. The van der Waals surface area contributed by atoms with Crippen LogP contribution in [0.5, 0.6) is 0 Å². The van der Waals surface area contributed by atoms with E-state index in [1.54, 1.807) is 12.1 Å². The zero-order valence-electron chi connectivity index (χ0n) is 17.9. The molecule has 4 nitrogen and oxygen atoms in total. The Bertz CT molecular complexity index is 927. The molecule has 0 unspecified atom stereocenters. The molecule has 1 aliphatic carbocycles. The first-order chi connectivity index (χ1) is 15.2. The van der Waals surface area contributed by atoms with Crippen LogP contribution in [0.15, 0.2) is 48.5 Å². The van der Waals surface area contributed by atoms with Gasteiger partial charge in [0.25, 0.3) is 0 Å². The standard InChI is InChI=1S/C26H31FN2O2/c27-22-8-4-7-21(15-22)18-9-11-19(12-10-18)25-23-16-28(26(31)20-5-3-6-20)13-1-2-14-29(23)24(25)17-30/h4,7-12,15,20,23-25,30H,1-3,5-6,13-14,16-17H2/t23-,24+,25-/m1/s1. The van der Waals surface area contributed by atoms with Crippen LogP contribution in [0.4, 0.5) is 4.39 Å². The Labute approximate surface area is 183 Å². The molecule has 2 heterocycles. The largest absolute Gasteiger partial charge is 0.395 e. The van der Waals surface area contributed by atoms with Crippen molar-refractivity contribution in [2.24, 2.45) is 5.92 Å². The molecule has 1 N–H and O–H groups in total. The van der Waals surface area contributed by atoms with Gasteiger partial charge in [-0.3, -0.25) is 9.69 Å². The van der Waals surface area contributed by atoms with Crippen LogP contribution >= 0.6 is 0 Å². The minimum atomic E-state index is -0.234. The second kappa shape index (κ2) is 8.71. The molecule has 2 aliphatic heterocycles. The molecule has 1 amide bonds. The second-order valence-corrected chi connectivity index (χ2v) is 9.33. The Hall–Kier alpha value is -2.24. The maximum absolute atomic E-state index is 13.6. The molecular weight excluding hydrogens is 391 g/mol. The highest BCUT2D eigenvalue weighted by atomic mass is 19.1. The average Bonchev–Trinajstić information content (AvgIpc) is 2.72. The van der Waals surface area contributed by atoms with E-state index in [1.165, 1.54) is 18.1 Å². The number of hydrogen-bond donors (Lipinski definition) is 1. The normalized spacial score (nSPS) is 26.9. The lowest BCUT2D eigenvalue weighted by molar-refractivity contribution is -0.143. The molecule has 0 spiro atoms. The van der Waals surface area contributed by atoms with Crippen LogP contribution in [-0.4, -0.2) is 59.1 Å². The van der Waals surface area contributed by atoms with Gasteiger partial charge in [0.1, 0.15) is 5.82 Å². The molecule has 0 radical (unpaired) electrons. The number of rotatable bonds is 4. The van der Waals surface area contributed by atoms with Gasteiger partial charge >= 0.3 is 0 Å². The summed E-state index contributed by atoms with van der Waals surface area (Å²) in [7, 11) is 0. The van der Waals surface area contributed by atoms with Crippen LogP contribution in [0.2, 0.25) is 0 Å². The van der Waals surface area contributed by atoms with Gasteiger partial charge in [0.05, 0.1) is 6.61 Å². The summed E-state index contributed by atoms with van der Waals surface area (Å²) in [6.07, 6.45) is 5.34. The van der Waals surface area contributed by atoms with Gasteiger partial charge in [0, 0.05) is 37.0 Å². The summed E-state index contributed by atoms with van der Waals surface area (Å²) in [4.78, 5) is 17.5. The molecule has 0 bridgehead atoms. The van der Waals surface area contributed by atoms with E-state index >= 15 is 0 Å². The van der Waals surface area contributed by atoms with Crippen molar-refractivity contribution in [1.82, 2.24) is 9.80 Å². The van der Waals surface area contributed by atoms with Crippen molar-refractivity contribution < 1.29 is 14.3 Å². The molecule has 3 aliphatic rings. The molecule has 164 valence electrons. The lowest BCUT2D eigenvalue weighted by Gasteiger charge is -2.57. The SMILES string of the molecule is O=C(C1CCC1)N1CCCCN2[C@H](C1)[C@@H](c1ccc(-c3cccc(F)c3)cc1)[C@@H]2CO. The Morgan fingerprint density at radius 3 is 2.45 bits per heavy atom. The zero-order chi connectivity index (χ0) is 21.4. The van der Waals surface area contributed by atoms with E-state index in [1.807, 2.05) is 18.2 Å². The lowest BCUT2D eigenvalue weighted by Crippen LogP contribution is -2.68. The predicted molar refractivity (Wildman–Crippen MR) is 119 cm³/mol. The van der Waals surface area contributed by atoms with Gasteiger partial charge in [-0.2, -0.15) is 0 Å². The monoisotopic (exact) mass is 422 g/mol. The maximum Gasteiger partial charge on any atom is 0.225 e. The van der Waals surface area contributed by atoms with Crippen LogP contribution in [0, 0.1) is 11.7 Å². The number of nitrogens with zero attached hydrogens (tertiary/aromatic N) is 2. The Balaban J connectivity index is 1.37. The van der Waals surface area contributed by atoms with Gasteiger partial charge in [-0.15, -0.1) is 0 Å². The van der Waals surface area contributed by atoms with Gasteiger partial charge in [0.2, 0.25) is 5.91 Å². The van der Waals surface area contributed by atoms with Crippen molar-refractivity contribution in [3.63, 3.8) is 0 Å². The second-order valence-electron chi connectivity index (χ2n) is 9.33. The van der Waals surface area contributed by atoms with Crippen LogP contribution in [0.1, 0.15) is 43.6 Å². The first-order valence-corrected chi connectivity index (χ1v) is 11.7. The highest BCUT2D eigenvalue weighted by Gasteiger charge is 2.49. The molecule has 2 aromatic rings. The summed E-state index contributed by atoms with van der Waals surface area (Å²) in [5.74, 6) is 0.537. The number of halogens is 1. The third kappa shape index (κ3) is 3.90. The number of carbonyl (C=O) groups is 1. The number of carbonyl (C=O) groups excluding carboxylic acids is 1. The van der Waals surface area contributed by atoms with E-state index in [2.05, 4.69) is 21.9 Å². The summed E-state index contributed by atoms with van der Waals surface area (Å²) < 4.78 is 13.6. The van der Waals surface area contributed by atoms with Gasteiger partial charge in [-0.25, -0.2) is 4.39 Å². The van der Waals surface area contributed by atoms with E-state index in [-0.39, 0.29) is 36.3 Å². The van der Waals surface area contributed by atoms with Gasteiger partial charge < -0.3 is 10.0 Å².